The summed E-state index contributed by atoms with van der Waals surface area (Å²) in [6, 6.07) is 77.4. The number of fused-ring (bicyclic) bond motifs is 13. The molecule has 290 valence electrons. The van der Waals surface area contributed by atoms with Crippen LogP contribution >= 0.6 is 7.14 Å². The van der Waals surface area contributed by atoms with Crippen molar-refractivity contribution in [1.82, 2.24) is 9.38 Å². The Labute approximate surface area is 358 Å². The van der Waals surface area contributed by atoms with Gasteiger partial charge in [-0.05, 0) is 114 Å². The summed E-state index contributed by atoms with van der Waals surface area (Å²) in [6.07, 6.45) is 0. The maximum Gasteiger partial charge on any atom is 0.171 e. The fourth-order valence-electron chi connectivity index (χ4n) is 10.3. The van der Waals surface area contributed by atoms with Gasteiger partial charge in [-0.2, -0.15) is 0 Å². The van der Waals surface area contributed by atoms with Crippen molar-refractivity contribution in [3.63, 3.8) is 0 Å². The van der Waals surface area contributed by atoms with Crippen molar-refractivity contribution < 1.29 is 4.57 Å². The van der Waals surface area contributed by atoms with E-state index < -0.39 is 7.14 Å². The molecule has 12 aromatic rings. The van der Waals surface area contributed by atoms with Crippen molar-refractivity contribution >= 4 is 83.0 Å². The minimum absolute atomic E-state index is 0.155. The first kappa shape index (κ1) is 35.2. The molecular formula is C58H37N2OP. The highest BCUT2D eigenvalue weighted by Gasteiger charge is 2.31. The fourth-order valence-corrected chi connectivity index (χ4v) is 13.0. The molecule has 0 saturated heterocycles. The molecule has 4 heteroatoms. The Morgan fingerprint density at radius 3 is 1.66 bits per heavy atom. The van der Waals surface area contributed by atoms with Gasteiger partial charge in [-0.25, -0.2) is 4.98 Å². The van der Waals surface area contributed by atoms with Crippen LogP contribution in [0.4, 0.5) is 0 Å². The van der Waals surface area contributed by atoms with Crippen LogP contribution in [-0.4, -0.2) is 9.38 Å². The van der Waals surface area contributed by atoms with Gasteiger partial charge < -0.3 is 4.57 Å². The van der Waals surface area contributed by atoms with Crippen molar-refractivity contribution in [2.75, 3.05) is 0 Å². The van der Waals surface area contributed by atoms with Crippen molar-refractivity contribution in [2.45, 2.75) is 5.92 Å². The van der Waals surface area contributed by atoms with E-state index in [0.717, 1.165) is 65.4 Å². The van der Waals surface area contributed by atoms with Crippen LogP contribution in [-0.2, 0) is 4.57 Å². The summed E-state index contributed by atoms with van der Waals surface area (Å²) < 4.78 is 17.5. The van der Waals surface area contributed by atoms with E-state index in [-0.39, 0.29) is 5.92 Å². The second-order valence-electron chi connectivity index (χ2n) is 16.6. The quantitative estimate of drug-likeness (QED) is 0.0986. The van der Waals surface area contributed by atoms with E-state index in [1.165, 1.54) is 49.4 Å². The van der Waals surface area contributed by atoms with E-state index in [2.05, 4.69) is 162 Å². The Bertz CT molecular complexity index is 3760. The number of nitrogens with zero attached hydrogens (tertiary/aromatic N) is 2. The average molecular weight is 809 g/mol. The van der Waals surface area contributed by atoms with Gasteiger partial charge in [0.05, 0.1) is 16.6 Å². The predicted molar refractivity (Wildman–Crippen MR) is 260 cm³/mol. The summed E-state index contributed by atoms with van der Waals surface area (Å²) in [7, 11) is -3.09. The van der Waals surface area contributed by atoms with Gasteiger partial charge in [0, 0.05) is 32.6 Å². The van der Waals surface area contributed by atoms with Crippen LogP contribution in [0.25, 0.3) is 82.2 Å². The summed E-state index contributed by atoms with van der Waals surface area (Å²) in [5.74, 6) is 0.155. The zero-order chi connectivity index (χ0) is 40.9. The van der Waals surface area contributed by atoms with Crippen LogP contribution in [0.3, 0.4) is 0 Å². The molecule has 62 heavy (non-hydrogen) atoms. The SMILES string of the molecule is O=P(c1ccccc1)(c1ccccc1)c1ccc2cc(-c3ccc4c(c3)c3cc5ccccc5cc3c3nc5cc(C6c7ccccc7-c7ccccc76)ccc5n43)ccc2c1. The van der Waals surface area contributed by atoms with Crippen molar-refractivity contribution in [1.29, 1.82) is 0 Å². The minimum atomic E-state index is -3.09. The molecule has 0 radical (unpaired) electrons. The van der Waals surface area contributed by atoms with E-state index >= 15 is 4.57 Å². The van der Waals surface area contributed by atoms with Gasteiger partial charge >= 0.3 is 0 Å². The molecule has 13 rings (SSSR count). The number of hydrogen-bond donors (Lipinski definition) is 0. The first-order valence-electron chi connectivity index (χ1n) is 21.2. The standard InChI is InChI=1S/C58H37N2OP/c61-62(44-15-3-1-4-16-44,45-17-5-2-6-18-45)46-28-25-40-31-39(23-24-41(40)32-46)42-26-29-55-52(34-42)51-33-37-13-7-8-14-38(37)35-53(51)58-59-54-36-43(27-30-56(54)60(55)58)57-49-21-11-9-19-47(49)48-20-10-12-22-50(48)57/h1-36,57H. The van der Waals surface area contributed by atoms with Crippen LogP contribution in [0.5, 0.6) is 0 Å². The molecule has 1 aliphatic carbocycles. The van der Waals surface area contributed by atoms with Gasteiger partial charge in [0.2, 0.25) is 0 Å². The van der Waals surface area contributed by atoms with Gasteiger partial charge in [-0.3, -0.25) is 4.40 Å². The fraction of sp³-hybridized carbons (Fsp3) is 0.0172. The predicted octanol–water partition coefficient (Wildman–Crippen LogP) is 13.6. The molecule has 0 spiro atoms. The molecule has 3 nitrogen and oxygen atoms in total. The topological polar surface area (TPSA) is 34.4 Å². The lowest BCUT2D eigenvalue weighted by Gasteiger charge is -2.20. The summed E-state index contributed by atoms with van der Waals surface area (Å²) in [5.41, 5.74) is 13.0. The molecule has 2 aromatic heterocycles. The Balaban J connectivity index is 0.973. The number of hydrogen-bond acceptors (Lipinski definition) is 2. The molecular weight excluding hydrogens is 772 g/mol. The minimum Gasteiger partial charge on any atom is -0.309 e. The summed E-state index contributed by atoms with van der Waals surface area (Å²) >= 11 is 0. The molecule has 0 atom stereocenters. The largest absolute Gasteiger partial charge is 0.309 e. The molecule has 10 aromatic carbocycles. The molecule has 0 unspecified atom stereocenters. The van der Waals surface area contributed by atoms with Crippen LogP contribution in [0.15, 0.2) is 218 Å². The summed E-state index contributed by atoms with van der Waals surface area (Å²) in [4.78, 5) is 5.46. The zero-order valence-corrected chi connectivity index (χ0v) is 34.5. The van der Waals surface area contributed by atoms with E-state index in [9.17, 15) is 0 Å². The Kier molecular flexibility index (Phi) is 7.64. The first-order valence-corrected chi connectivity index (χ1v) is 23.0. The highest BCUT2D eigenvalue weighted by Crippen LogP contribution is 2.49. The van der Waals surface area contributed by atoms with E-state index in [1.807, 2.05) is 60.7 Å². The van der Waals surface area contributed by atoms with Crippen LogP contribution in [0.2, 0.25) is 0 Å². The number of imidazole rings is 1. The van der Waals surface area contributed by atoms with Gasteiger partial charge in [0.1, 0.15) is 5.65 Å². The third kappa shape index (κ3) is 5.19. The van der Waals surface area contributed by atoms with Gasteiger partial charge in [-0.1, -0.05) is 170 Å². The van der Waals surface area contributed by atoms with Crippen molar-refractivity contribution in [2.24, 2.45) is 0 Å². The lowest BCUT2D eigenvalue weighted by molar-refractivity contribution is 0.592. The highest BCUT2D eigenvalue weighted by molar-refractivity contribution is 7.85. The third-order valence-electron chi connectivity index (χ3n) is 13.3. The molecule has 1 aliphatic rings. The highest BCUT2D eigenvalue weighted by atomic mass is 31.2. The maximum absolute atomic E-state index is 15.2. The first-order chi connectivity index (χ1) is 30.6. The van der Waals surface area contributed by atoms with Gasteiger partial charge in [0.15, 0.2) is 7.14 Å². The van der Waals surface area contributed by atoms with Gasteiger partial charge in [0.25, 0.3) is 0 Å². The maximum atomic E-state index is 15.2. The third-order valence-corrected chi connectivity index (χ3v) is 16.3. The molecule has 0 bridgehead atoms. The second-order valence-corrected chi connectivity index (χ2v) is 19.4. The normalized spacial score (nSPS) is 12.8. The number of pyridine rings is 1. The molecule has 0 fully saturated rings. The van der Waals surface area contributed by atoms with Gasteiger partial charge in [-0.15, -0.1) is 0 Å². The van der Waals surface area contributed by atoms with E-state index in [0.29, 0.717) is 0 Å². The molecule has 0 N–H and O–H groups in total. The van der Waals surface area contributed by atoms with E-state index in [4.69, 9.17) is 4.98 Å². The molecule has 2 heterocycles. The molecule has 0 amide bonds. The smallest absolute Gasteiger partial charge is 0.171 e. The summed E-state index contributed by atoms with van der Waals surface area (Å²) in [5, 5.41) is 10.6. The monoisotopic (exact) mass is 808 g/mol. The number of rotatable bonds is 5. The summed E-state index contributed by atoms with van der Waals surface area (Å²) in [6.45, 7) is 0. The zero-order valence-electron chi connectivity index (χ0n) is 33.6. The van der Waals surface area contributed by atoms with E-state index in [1.54, 1.807) is 0 Å². The Hall–Kier alpha value is -7.58. The molecule has 0 aliphatic heterocycles. The number of benzene rings is 10. The lowest BCUT2D eigenvalue weighted by atomic mass is 9.89. The molecule has 0 saturated carbocycles. The lowest BCUT2D eigenvalue weighted by Crippen LogP contribution is -2.24. The Morgan fingerprint density at radius 2 is 0.952 bits per heavy atom. The van der Waals surface area contributed by atoms with Crippen LogP contribution < -0.4 is 15.9 Å². The Morgan fingerprint density at radius 1 is 0.403 bits per heavy atom. The average Bonchev–Trinajstić information content (AvgIpc) is 3.89. The van der Waals surface area contributed by atoms with Crippen LogP contribution in [0, 0.1) is 0 Å². The van der Waals surface area contributed by atoms with Crippen LogP contribution in [0.1, 0.15) is 22.6 Å². The number of aromatic nitrogens is 2. The van der Waals surface area contributed by atoms with Crippen molar-refractivity contribution in [3.05, 3.63) is 235 Å². The second kappa shape index (κ2) is 13.5. The van der Waals surface area contributed by atoms with Crippen molar-refractivity contribution in [3.8, 4) is 22.3 Å².